The maximum atomic E-state index is 11.3. The molecule has 2 aromatic rings. The van der Waals surface area contributed by atoms with Crippen molar-refractivity contribution in [3.63, 3.8) is 0 Å². The Hall–Kier alpha value is -1.81. The quantitative estimate of drug-likeness (QED) is 0.848. The summed E-state index contributed by atoms with van der Waals surface area (Å²) in [6, 6.07) is 7.30. The number of nitrogens with one attached hydrogen (secondary N) is 1. The summed E-state index contributed by atoms with van der Waals surface area (Å²) in [5, 5.41) is 13.4. The largest absolute Gasteiger partial charge is 0.480 e. The minimum atomic E-state index is -0.802. The predicted octanol–water partition coefficient (Wildman–Crippen LogP) is 3.33. The lowest BCUT2D eigenvalue weighted by atomic mass is 10.0. The minimum Gasteiger partial charge on any atom is -0.480 e. The SMILES string of the molecule is Cc1oc2ccccc2c1CN[C@H](CC(C)C)C(=O)O. The predicted molar refractivity (Wildman–Crippen MR) is 78.7 cm³/mol. The molecule has 1 atom stereocenters. The number of carboxylic acids is 1. The van der Waals surface area contributed by atoms with Crippen LogP contribution >= 0.6 is 0 Å². The van der Waals surface area contributed by atoms with Gasteiger partial charge in [-0.15, -0.1) is 0 Å². The molecule has 0 amide bonds. The van der Waals surface area contributed by atoms with Crippen molar-refractivity contribution in [2.24, 2.45) is 5.92 Å². The molecule has 0 bridgehead atoms. The minimum absolute atomic E-state index is 0.339. The number of rotatable bonds is 6. The van der Waals surface area contributed by atoms with Crippen LogP contribution in [0.15, 0.2) is 28.7 Å². The highest BCUT2D eigenvalue weighted by molar-refractivity contribution is 5.82. The molecule has 108 valence electrons. The first kappa shape index (κ1) is 14.6. The van der Waals surface area contributed by atoms with Gasteiger partial charge in [-0.05, 0) is 25.3 Å². The van der Waals surface area contributed by atoms with Gasteiger partial charge in [0.1, 0.15) is 17.4 Å². The fourth-order valence-electron chi connectivity index (χ4n) is 2.41. The van der Waals surface area contributed by atoms with Gasteiger partial charge in [-0.25, -0.2) is 0 Å². The average Bonchev–Trinajstić information content (AvgIpc) is 2.69. The molecule has 0 spiro atoms. The molecule has 2 N–H and O–H groups in total. The second-order valence-corrected chi connectivity index (χ2v) is 5.53. The summed E-state index contributed by atoms with van der Waals surface area (Å²) in [4.78, 5) is 11.3. The molecule has 0 saturated carbocycles. The van der Waals surface area contributed by atoms with E-state index in [0.29, 0.717) is 18.9 Å². The van der Waals surface area contributed by atoms with Crippen LogP contribution in [0.25, 0.3) is 11.0 Å². The lowest BCUT2D eigenvalue weighted by Gasteiger charge is -2.16. The van der Waals surface area contributed by atoms with Crippen molar-refractivity contribution in [3.05, 3.63) is 35.6 Å². The topological polar surface area (TPSA) is 62.5 Å². The highest BCUT2D eigenvalue weighted by atomic mass is 16.4. The Balaban J connectivity index is 2.15. The van der Waals surface area contributed by atoms with Gasteiger partial charge in [-0.1, -0.05) is 32.0 Å². The van der Waals surface area contributed by atoms with Crippen LogP contribution in [0.2, 0.25) is 0 Å². The number of hydrogen-bond acceptors (Lipinski definition) is 3. The number of carboxylic acid groups (broad SMARTS) is 1. The van der Waals surface area contributed by atoms with Crippen molar-refractivity contribution in [2.75, 3.05) is 0 Å². The lowest BCUT2D eigenvalue weighted by Crippen LogP contribution is -2.37. The van der Waals surface area contributed by atoms with Gasteiger partial charge in [-0.3, -0.25) is 4.79 Å². The van der Waals surface area contributed by atoms with Crippen LogP contribution in [0, 0.1) is 12.8 Å². The summed E-state index contributed by atoms with van der Waals surface area (Å²) < 4.78 is 5.69. The Kier molecular flexibility index (Phi) is 4.45. The molecule has 4 nitrogen and oxygen atoms in total. The molecule has 0 aliphatic carbocycles. The fourth-order valence-corrected chi connectivity index (χ4v) is 2.41. The van der Waals surface area contributed by atoms with Crippen molar-refractivity contribution in [1.82, 2.24) is 5.32 Å². The first-order chi connectivity index (χ1) is 9.49. The van der Waals surface area contributed by atoms with Crippen molar-refractivity contribution >= 4 is 16.9 Å². The molecule has 0 aliphatic rings. The Labute approximate surface area is 118 Å². The Morgan fingerprint density at radius 3 is 2.70 bits per heavy atom. The molecule has 1 aromatic carbocycles. The number of fused-ring (bicyclic) bond motifs is 1. The molecule has 1 aromatic heterocycles. The van der Waals surface area contributed by atoms with E-state index in [0.717, 1.165) is 22.3 Å². The van der Waals surface area contributed by atoms with Crippen LogP contribution in [0.5, 0.6) is 0 Å². The lowest BCUT2D eigenvalue weighted by molar-refractivity contribution is -0.140. The fraction of sp³-hybridized carbons (Fsp3) is 0.438. The monoisotopic (exact) mass is 275 g/mol. The third-order valence-corrected chi connectivity index (χ3v) is 3.43. The van der Waals surface area contributed by atoms with Crippen molar-refractivity contribution in [1.29, 1.82) is 0 Å². The van der Waals surface area contributed by atoms with Crippen LogP contribution < -0.4 is 5.32 Å². The van der Waals surface area contributed by atoms with Gasteiger partial charge >= 0.3 is 5.97 Å². The number of hydrogen-bond donors (Lipinski definition) is 2. The summed E-state index contributed by atoms with van der Waals surface area (Å²) in [6.07, 6.45) is 0.615. The summed E-state index contributed by atoms with van der Waals surface area (Å²) in [6.45, 7) is 6.47. The number of benzene rings is 1. The molecule has 1 heterocycles. The van der Waals surface area contributed by atoms with E-state index in [1.54, 1.807) is 0 Å². The summed E-state index contributed by atoms with van der Waals surface area (Å²) >= 11 is 0. The second kappa shape index (κ2) is 6.09. The van der Waals surface area contributed by atoms with Crippen LogP contribution in [-0.4, -0.2) is 17.1 Å². The van der Waals surface area contributed by atoms with E-state index in [1.807, 2.05) is 45.0 Å². The summed E-state index contributed by atoms with van der Waals surface area (Å²) in [7, 11) is 0. The Morgan fingerprint density at radius 2 is 2.05 bits per heavy atom. The Bertz CT molecular complexity index is 601. The van der Waals surface area contributed by atoms with Gasteiger partial charge in [0.05, 0.1) is 0 Å². The Morgan fingerprint density at radius 1 is 1.35 bits per heavy atom. The first-order valence-electron chi connectivity index (χ1n) is 6.92. The van der Waals surface area contributed by atoms with Crippen LogP contribution in [-0.2, 0) is 11.3 Å². The average molecular weight is 275 g/mol. The molecular formula is C16H21NO3. The number of furan rings is 1. The van der Waals surface area contributed by atoms with E-state index >= 15 is 0 Å². The maximum absolute atomic E-state index is 11.3. The van der Waals surface area contributed by atoms with Gasteiger partial charge in [0, 0.05) is 17.5 Å². The summed E-state index contributed by atoms with van der Waals surface area (Å²) in [5.74, 6) is 0.377. The highest BCUT2D eigenvalue weighted by Crippen LogP contribution is 2.25. The van der Waals surface area contributed by atoms with E-state index in [2.05, 4.69) is 5.32 Å². The van der Waals surface area contributed by atoms with Crippen molar-refractivity contribution in [3.8, 4) is 0 Å². The van der Waals surface area contributed by atoms with E-state index in [4.69, 9.17) is 4.42 Å². The molecule has 0 saturated heterocycles. The maximum Gasteiger partial charge on any atom is 0.320 e. The van der Waals surface area contributed by atoms with Crippen LogP contribution in [0.3, 0.4) is 0 Å². The molecular weight excluding hydrogens is 254 g/mol. The zero-order chi connectivity index (χ0) is 14.7. The van der Waals surface area contributed by atoms with E-state index < -0.39 is 12.0 Å². The van der Waals surface area contributed by atoms with Crippen LogP contribution in [0.1, 0.15) is 31.6 Å². The summed E-state index contributed by atoms with van der Waals surface area (Å²) in [5.41, 5.74) is 1.88. The van der Waals surface area contributed by atoms with Gasteiger partial charge in [-0.2, -0.15) is 0 Å². The van der Waals surface area contributed by atoms with Gasteiger partial charge in [0.25, 0.3) is 0 Å². The molecule has 0 aliphatic heterocycles. The molecule has 2 rings (SSSR count). The molecule has 0 unspecified atom stereocenters. The number of para-hydroxylation sites is 1. The van der Waals surface area contributed by atoms with E-state index in [-0.39, 0.29) is 0 Å². The van der Waals surface area contributed by atoms with E-state index in [9.17, 15) is 9.90 Å². The van der Waals surface area contributed by atoms with Crippen molar-refractivity contribution < 1.29 is 14.3 Å². The zero-order valence-corrected chi connectivity index (χ0v) is 12.1. The normalized spacial score (nSPS) is 13.0. The van der Waals surface area contributed by atoms with Gasteiger partial charge in [0.15, 0.2) is 0 Å². The standard InChI is InChI=1S/C16H21NO3/c1-10(2)8-14(16(18)19)17-9-13-11(3)20-15-7-5-4-6-12(13)15/h4-7,10,14,17H,8-9H2,1-3H3,(H,18,19)/t14-/m1/s1. The number of aryl methyl sites for hydroxylation is 1. The second-order valence-electron chi connectivity index (χ2n) is 5.53. The molecule has 0 radical (unpaired) electrons. The van der Waals surface area contributed by atoms with Crippen molar-refractivity contribution in [2.45, 2.75) is 39.8 Å². The van der Waals surface area contributed by atoms with Gasteiger partial charge in [0.2, 0.25) is 0 Å². The van der Waals surface area contributed by atoms with Crippen LogP contribution in [0.4, 0.5) is 0 Å². The first-order valence-corrected chi connectivity index (χ1v) is 6.92. The third kappa shape index (κ3) is 3.20. The number of aliphatic carboxylic acids is 1. The third-order valence-electron chi connectivity index (χ3n) is 3.43. The molecule has 0 fully saturated rings. The molecule has 4 heteroatoms. The number of carbonyl (C=O) groups is 1. The zero-order valence-electron chi connectivity index (χ0n) is 12.1. The highest BCUT2D eigenvalue weighted by Gasteiger charge is 2.19. The smallest absolute Gasteiger partial charge is 0.320 e. The molecule has 20 heavy (non-hydrogen) atoms. The van der Waals surface area contributed by atoms with Gasteiger partial charge < -0.3 is 14.8 Å². The van der Waals surface area contributed by atoms with E-state index in [1.165, 1.54) is 0 Å².